The summed E-state index contributed by atoms with van der Waals surface area (Å²) in [4.78, 5) is 4.50. The van der Waals surface area contributed by atoms with E-state index in [0.29, 0.717) is 18.3 Å². The summed E-state index contributed by atoms with van der Waals surface area (Å²) in [6, 6.07) is 0.450. The van der Waals surface area contributed by atoms with E-state index >= 15 is 0 Å². The van der Waals surface area contributed by atoms with Crippen molar-refractivity contribution in [2.75, 3.05) is 18.8 Å². The normalized spacial score (nSPS) is 18.6. The third-order valence-corrected chi connectivity index (χ3v) is 4.84. The van der Waals surface area contributed by atoms with E-state index in [1.54, 1.807) is 0 Å². The molecule has 5 heteroatoms. The molecule has 19 heavy (non-hydrogen) atoms. The van der Waals surface area contributed by atoms with E-state index in [4.69, 9.17) is 0 Å². The fraction of sp³-hybridized carbons (Fsp3) is 0.786. The van der Waals surface area contributed by atoms with Crippen molar-refractivity contribution >= 4 is 16.8 Å². The van der Waals surface area contributed by atoms with E-state index in [1.165, 1.54) is 0 Å². The maximum atomic E-state index is 11.9. The number of nitrogens with zero attached hydrogens (tertiary/aromatic N) is 1. The van der Waals surface area contributed by atoms with Crippen LogP contribution < -0.4 is 10.6 Å². The van der Waals surface area contributed by atoms with Crippen molar-refractivity contribution in [3.05, 3.63) is 12.2 Å². The summed E-state index contributed by atoms with van der Waals surface area (Å²) >= 11 is 0. The van der Waals surface area contributed by atoms with Gasteiger partial charge in [-0.3, -0.25) is 9.20 Å². The largest absolute Gasteiger partial charge is 0.357 e. The highest BCUT2D eigenvalue weighted by atomic mass is 32.2. The highest BCUT2D eigenvalue weighted by molar-refractivity contribution is 7.86. The Balaban J connectivity index is 2.42. The van der Waals surface area contributed by atoms with Gasteiger partial charge in [-0.2, -0.15) is 0 Å². The van der Waals surface area contributed by atoms with Gasteiger partial charge in [0.15, 0.2) is 5.96 Å². The number of nitrogens with one attached hydrogen (secondary N) is 2. The molecule has 0 aliphatic heterocycles. The Morgan fingerprint density at radius 2 is 2.00 bits per heavy atom. The van der Waals surface area contributed by atoms with E-state index in [9.17, 15) is 4.21 Å². The minimum atomic E-state index is -0.837. The fourth-order valence-corrected chi connectivity index (χ4v) is 2.66. The second kappa shape index (κ2) is 7.68. The topological polar surface area (TPSA) is 53.5 Å². The Hall–Kier alpha value is -0.840. The Morgan fingerprint density at radius 1 is 1.37 bits per heavy atom. The van der Waals surface area contributed by atoms with Crippen molar-refractivity contribution in [2.45, 2.75) is 51.3 Å². The van der Waals surface area contributed by atoms with E-state index < -0.39 is 10.8 Å². The smallest absolute Gasteiger partial charge is 0.191 e. The molecule has 0 aromatic carbocycles. The summed E-state index contributed by atoms with van der Waals surface area (Å²) in [5.41, 5.74) is 0. The SMILES string of the molecule is CCNC(=NCCS(=O)C(C)(C)C)NC1CC=CC1. The van der Waals surface area contributed by atoms with Gasteiger partial charge in [0.1, 0.15) is 0 Å². The van der Waals surface area contributed by atoms with E-state index in [0.717, 1.165) is 25.3 Å². The van der Waals surface area contributed by atoms with Crippen LogP contribution in [0.1, 0.15) is 40.5 Å². The minimum Gasteiger partial charge on any atom is -0.357 e. The molecule has 0 amide bonds. The van der Waals surface area contributed by atoms with Crippen LogP contribution in [0.5, 0.6) is 0 Å². The lowest BCUT2D eigenvalue weighted by atomic mass is 10.2. The standard InChI is InChI=1S/C14H27N3OS/c1-5-15-13(17-12-8-6-7-9-12)16-10-11-19(18)14(2,3)4/h6-7,12H,5,8-11H2,1-4H3,(H2,15,16,17). The molecule has 0 spiro atoms. The van der Waals surface area contributed by atoms with Crippen molar-refractivity contribution in [3.8, 4) is 0 Å². The van der Waals surface area contributed by atoms with E-state index in [1.807, 2.05) is 20.8 Å². The first-order valence-electron chi connectivity index (χ1n) is 7.01. The molecule has 0 saturated carbocycles. The first-order chi connectivity index (χ1) is 8.93. The molecule has 0 fully saturated rings. The highest BCUT2D eigenvalue weighted by Gasteiger charge is 2.18. The van der Waals surface area contributed by atoms with Crippen LogP contribution in [0.3, 0.4) is 0 Å². The van der Waals surface area contributed by atoms with E-state index in [-0.39, 0.29) is 4.75 Å². The summed E-state index contributed by atoms with van der Waals surface area (Å²) in [5, 5.41) is 6.64. The lowest BCUT2D eigenvalue weighted by Crippen LogP contribution is -2.42. The van der Waals surface area contributed by atoms with Crippen molar-refractivity contribution in [1.29, 1.82) is 0 Å². The number of aliphatic imine (C=N–C) groups is 1. The van der Waals surface area contributed by atoms with Crippen LogP contribution in [0.15, 0.2) is 17.1 Å². The van der Waals surface area contributed by atoms with Crippen molar-refractivity contribution in [2.24, 2.45) is 4.99 Å². The zero-order valence-corrected chi connectivity index (χ0v) is 13.3. The average Bonchev–Trinajstić information content (AvgIpc) is 2.80. The molecule has 1 aliphatic rings. The van der Waals surface area contributed by atoms with Gasteiger partial charge in [0.25, 0.3) is 0 Å². The lowest BCUT2D eigenvalue weighted by Gasteiger charge is -2.18. The van der Waals surface area contributed by atoms with E-state index in [2.05, 4.69) is 34.7 Å². The van der Waals surface area contributed by atoms with Crippen LogP contribution in [0.2, 0.25) is 0 Å². The molecule has 0 radical (unpaired) electrons. The molecular formula is C14H27N3OS. The zero-order chi connectivity index (χ0) is 14.3. The van der Waals surface area contributed by atoms with Gasteiger partial charge in [0.2, 0.25) is 0 Å². The van der Waals surface area contributed by atoms with Crippen molar-refractivity contribution in [1.82, 2.24) is 10.6 Å². The second-order valence-corrected chi connectivity index (χ2v) is 8.03. The van der Waals surface area contributed by atoms with Gasteiger partial charge < -0.3 is 10.6 Å². The molecule has 1 aliphatic carbocycles. The van der Waals surface area contributed by atoms with Gasteiger partial charge in [0.05, 0.1) is 6.54 Å². The molecule has 0 aromatic heterocycles. The summed E-state index contributed by atoms with van der Waals surface area (Å²) in [6.45, 7) is 9.49. The van der Waals surface area contributed by atoms with Gasteiger partial charge >= 0.3 is 0 Å². The molecule has 0 heterocycles. The lowest BCUT2D eigenvalue weighted by molar-refractivity contribution is 0.633. The predicted molar refractivity (Wildman–Crippen MR) is 84.0 cm³/mol. The minimum absolute atomic E-state index is 0.156. The Labute approximate surface area is 119 Å². The van der Waals surface area contributed by atoms with Crippen LogP contribution in [0, 0.1) is 0 Å². The Bertz CT molecular complexity index is 350. The number of rotatable bonds is 5. The average molecular weight is 285 g/mol. The zero-order valence-electron chi connectivity index (χ0n) is 12.5. The number of hydrogen-bond donors (Lipinski definition) is 2. The van der Waals surface area contributed by atoms with Gasteiger partial charge in [-0.05, 0) is 40.5 Å². The summed E-state index contributed by atoms with van der Waals surface area (Å²) in [5.74, 6) is 1.45. The second-order valence-electron chi connectivity index (χ2n) is 5.71. The molecule has 0 saturated heterocycles. The summed E-state index contributed by atoms with van der Waals surface area (Å²) in [7, 11) is -0.837. The maximum Gasteiger partial charge on any atom is 0.191 e. The van der Waals surface area contributed by atoms with Crippen LogP contribution in [0.25, 0.3) is 0 Å². The molecule has 0 bridgehead atoms. The summed E-state index contributed by atoms with van der Waals surface area (Å²) < 4.78 is 11.8. The predicted octanol–water partition coefficient (Wildman–Crippen LogP) is 1.81. The van der Waals surface area contributed by atoms with Crippen LogP contribution in [-0.4, -0.2) is 39.8 Å². The quantitative estimate of drug-likeness (QED) is 0.460. The first kappa shape index (κ1) is 16.2. The molecule has 1 atom stereocenters. The molecule has 2 N–H and O–H groups in total. The molecule has 4 nitrogen and oxygen atoms in total. The Kier molecular flexibility index (Phi) is 6.55. The maximum absolute atomic E-state index is 11.9. The summed E-state index contributed by atoms with van der Waals surface area (Å²) in [6.07, 6.45) is 6.49. The molecular weight excluding hydrogens is 258 g/mol. The third kappa shape index (κ3) is 6.23. The molecule has 1 unspecified atom stereocenters. The van der Waals surface area contributed by atoms with Gasteiger partial charge in [0, 0.05) is 33.9 Å². The fourth-order valence-electron chi connectivity index (χ4n) is 1.79. The van der Waals surface area contributed by atoms with Crippen LogP contribution in [0.4, 0.5) is 0 Å². The van der Waals surface area contributed by atoms with Crippen LogP contribution in [-0.2, 0) is 10.8 Å². The number of guanidine groups is 1. The third-order valence-electron chi connectivity index (χ3n) is 2.92. The number of hydrogen-bond acceptors (Lipinski definition) is 2. The van der Waals surface area contributed by atoms with Crippen LogP contribution >= 0.6 is 0 Å². The highest BCUT2D eigenvalue weighted by Crippen LogP contribution is 2.11. The molecule has 0 aromatic rings. The molecule has 110 valence electrons. The monoisotopic (exact) mass is 285 g/mol. The van der Waals surface area contributed by atoms with Crippen molar-refractivity contribution < 1.29 is 4.21 Å². The van der Waals surface area contributed by atoms with Gasteiger partial charge in [-0.25, -0.2) is 0 Å². The Morgan fingerprint density at radius 3 is 2.53 bits per heavy atom. The molecule has 1 rings (SSSR count). The van der Waals surface area contributed by atoms with Crippen molar-refractivity contribution in [3.63, 3.8) is 0 Å². The van der Waals surface area contributed by atoms with Gasteiger partial charge in [-0.1, -0.05) is 12.2 Å². The van der Waals surface area contributed by atoms with Gasteiger partial charge in [-0.15, -0.1) is 0 Å². The first-order valence-corrected chi connectivity index (χ1v) is 8.33.